The van der Waals surface area contributed by atoms with Crippen LogP contribution in [0.1, 0.15) is 25.8 Å². The fourth-order valence-corrected chi connectivity index (χ4v) is 2.85. The van der Waals surface area contributed by atoms with E-state index in [4.69, 9.17) is 0 Å². The predicted molar refractivity (Wildman–Crippen MR) is 118 cm³/mol. The van der Waals surface area contributed by atoms with Gasteiger partial charge in [-0.05, 0) is 18.9 Å². The number of hydrogen-bond donors (Lipinski definition) is 2. The molecule has 2 rings (SSSR count). The van der Waals surface area contributed by atoms with Crippen molar-refractivity contribution < 1.29 is 4.79 Å². The average Bonchev–Trinajstić information content (AvgIpc) is 2.65. The number of benzene rings is 1. The Kier molecular flexibility index (Phi) is 11.3. The third kappa shape index (κ3) is 7.90. The number of nitrogens with one attached hydrogen (secondary N) is 2. The summed E-state index contributed by atoms with van der Waals surface area (Å²) in [4.78, 5) is 21.0. The minimum Gasteiger partial charge on any atom is -0.357 e. The highest BCUT2D eigenvalue weighted by Crippen LogP contribution is 2.08. The Bertz CT molecular complexity index is 544. The second-order valence-corrected chi connectivity index (χ2v) is 6.27. The van der Waals surface area contributed by atoms with Crippen molar-refractivity contribution in [2.45, 2.75) is 26.8 Å². The van der Waals surface area contributed by atoms with E-state index in [0.717, 1.165) is 51.6 Å². The van der Waals surface area contributed by atoms with Crippen LogP contribution < -0.4 is 10.6 Å². The van der Waals surface area contributed by atoms with Crippen LogP contribution in [0.15, 0.2) is 35.3 Å². The lowest BCUT2D eigenvalue weighted by atomic mass is 10.2. The molecule has 7 heteroatoms. The van der Waals surface area contributed by atoms with Gasteiger partial charge in [0.15, 0.2) is 5.96 Å². The van der Waals surface area contributed by atoms with E-state index in [2.05, 4.69) is 62.7 Å². The van der Waals surface area contributed by atoms with E-state index in [9.17, 15) is 4.79 Å². The van der Waals surface area contributed by atoms with E-state index >= 15 is 0 Å². The number of piperazine rings is 1. The number of rotatable bonds is 7. The molecule has 2 N–H and O–H groups in total. The van der Waals surface area contributed by atoms with Crippen LogP contribution >= 0.6 is 24.0 Å². The summed E-state index contributed by atoms with van der Waals surface area (Å²) in [5.74, 6) is 0.827. The number of carbonyl (C=O) groups excluding carboxylic acids is 1. The molecule has 0 bridgehead atoms. The van der Waals surface area contributed by atoms with Crippen LogP contribution in [0.5, 0.6) is 0 Å². The van der Waals surface area contributed by atoms with Gasteiger partial charge in [-0.2, -0.15) is 0 Å². The Morgan fingerprint density at radius 1 is 1.08 bits per heavy atom. The van der Waals surface area contributed by atoms with E-state index in [1.54, 1.807) is 0 Å². The molecule has 1 heterocycles. The number of aliphatic imine (C=N–C) groups is 1. The molecule has 26 heavy (non-hydrogen) atoms. The first-order valence-corrected chi connectivity index (χ1v) is 9.29. The normalized spacial score (nSPS) is 15.3. The summed E-state index contributed by atoms with van der Waals surface area (Å²) in [6, 6.07) is 10.6. The van der Waals surface area contributed by atoms with Crippen molar-refractivity contribution >= 4 is 35.8 Å². The molecule has 146 valence electrons. The van der Waals surface area contributed by atoms with Gasteiger partial charge in [-0.1, -0.05) is 37.3 Å². The first-order valence-electron chi connectivity index (χ1n) is 9.29. The molecule has 1 aromatic rings. The molecule has 0 atom stereocenters. The molecule has 1 saturated heterocycles. The maximum atomic E-state index is 11.8. The SMILES string of the molecule is CCCNC(=O)CN=C(NCC)N1CCN(Cc2ccccc2)CC1.I. The molecule has 1 aliphatic heterocycles. The molecule has 0 unspecified atom stereocenters. The Labute approximate surface area is 174 Å². The van der Waals surface area contributed by atoms with Gasteiger partial charge < -0.3 is 15.5 Å². The van der Waals surface area contributed by atoms with E-state index in [0.29, 0.717) is 6.54 Å². The molecular formula is C19H32IN5O. The summed E-state index contributed by atoms with van der Waals surface area (Å²) in [5, 5.41) is 6.17. The molecule has 1 aromatic carbocycles. The van der Waals surface area contributed by atoms with Crippen LogP contribution in [0.25, 0.3) is 0 Å². The molecule has 0 spiro atoms. The summed E-state index contributed by atoms with van der Waals surface area (Å²) >= 11 is 0. The zero-order valence-corrected chi connectivity index (χ0v) is 18.2. The standard InChI is InChI=1S/C19H31N5O.HI/c1-3-10-21-18(25)15-22-19(20-4-2)24-13-11-23(12-14-24)16-17-8-6-5-7-9-17;/h5-9H,3-4,10-16H2,1-2H3,(H,20,22)(H,21,25);1H. The van der Waals surface area contributed by atoms with Gasteiger partial charge in [0.1, 0.15) is 6.54 Å². The lowest BCUT2D eigenvalue weighted by Crippen LogP contribution is -2.52. The number of carbonyl (C=O) groups is 1. The fraction of sp³-hybridized carbons (Fsp3) is 0.579. The van der Waals surface area contributed by atoms with Crippen LogP contribution in [-0.2, 0) is 11.3 Å². The minimum atomic E-state index is -0.0139. The van der Waals surface area contributed by atoms with Gasteiger partial charge >= 0.3 is 0 Å². The Hall–Kier alpha value is -1.35. The van der Waals surface area contributed by atoms with Crippen molar-refractivity contribution in [2.24, 2.45) is 4.99 Å². The van der Waals surface area contributed by atoms with Gasteiger partial charge in [0.25, 0.3) is 0 Å². The van der Waals surface area contributed by atoms with Crippen molar-refractivity contribution in [1.29, 1.82) is 0 Å². The largest absolute Gasteiger partial charge is 0.357 e. The molecule has 0 aromatic heterocycles. The monoisotopic (exact) mass is 473 g/mol. The van der Waals surface area contributed by atoms with Crippen LogP contribution in [0.4, 0.5) is 0 Å². The van der Waals surface area contributed by atoms with Crippen molar-refractivity contribution in [1.82, 2.24) is 20.4 Å². The highest BCUT2D eigenvalue weighted by atomic mass is 127. The van der Waals surface area contributed by atoms with Crippen molar-refractivity contribution in [3.8, 4) is 0 Å². The lowest BCUT2D eigenvalue weighted by molar-refractivity contribution is -0.119. The highest BCUT2D eigenvalue weighted by molar-refractivity contribution is 14.0. The summed E-state index contributed by atoms with van der Waals surface area (Å²) in [6.45, 7) is 10.6. The van der Waals surface area contributed by atoms with Gasteiger partial charge in [-0.15, -0.1) is 24.0 Å². The Morgan fingerprint density at radius 3 is 2.38 bits per heavy atom. The van der Waals surface area contributed by atoms with Crippen LogP contribution in [-0.4, -0.2) is 67.5 Å². The van der Waals surface area contributed by atoms with Gasteiger partial charge in [0.2, 0.25) is 5.91 Å². The van der Waals surface area contributed by atoms with Crippen LogP contribution in [0, 0.1) is 0 Å². The number of halogens is 1. The molecule has 1 fully saturated rings. The second kappa shape index (κ2) is 12.9. The van der Waals surface area contributed by atoms with Crippen LogP contribution in [0.2, 0.25) is 0 Å². The fourth-order valence-electron chi connectivity index (χ4n) is 2.85. The molecule has 0 saturated carbocycles. The van der Waals surface area contributed by atoms with Gasteiger partial charge in [-0.25, -0.2) is 4.99 Å². The molecule has 1 aliphatic rings. The van der Waals surface area contributed by atoms with Crippen molar-refractivity contribution in [3.63, 3.8) is 0 Å². The summed E-state index contributed by atoms with van der Waals surface area (Å²) in [7, 11) is 0. The van der Waals surface area contributed by atoms with Crippen LogP contribution in [0.3, 0.4) is 0 Å². The van der Waals surface area contributed by atoms with Crippen molar-refractivity contribution in [2.75, 3.05) is 45.8 Å². The Balaban J connectivity index is 0.00000338. The minimum absolute atomic E-state index is 0. The molecule has 0 aliphatic carbocycles. The third-order valence-corrected chi connectivity index (χ3v) is 4.20. The summed E-state index contributed by atoms with van der Waals surface area (Å²) in [6.07, 6.45) is 0.943. The number of amides is 1. The quantitative estimate of drug-likeness (QED) is 0.361. The number of nitrogens with zero attached hydrogens (tertiary/aromatic N) is 3. The maximum absolute atomic E-state index is 11.8. The maximum Gasteiger partial charge on any atom is 0.241 e. The van der Waals surface area contributed by atoms with Gasteiger partial charge in [0.05, 0.1) is 0 Å². The summed E-state index contributed by atoms with van der Waals surface area (Å²) in [5.41, 5.74) is 1.35. The topological polar surface area (TPSA) is 60.0 Å². The third-order valence-electron chi connectivity index (χ3n) is 4.20. The van der Waals surface area contributed by atoms with E-state index in [-0.39, 0.29) is 36.4 Å². The number of guanidine groups is 1. The van der Waals surface area contributed by atoms with E-state index in [1.165, 1.54) is 5.56 Å². The molecule has 1 amide bonds. The smallest absolute Gasteiger partial charge is 0.241 e. The first kappa shape index (κ1) is 22.7. The molecule has 0 radical (unpaired) electrons. The molecule has 6 nitrogen and oxygen atoms in total. The average molecular weight is 473 g/mol. The number of hydrogen-bond acceptors (Lipinski definition) is 3. The zero-order valence-electron chi connectivity index (χ0n) is 15.9. The van der Waals surface area contributed by atoms with E-state index in [1.807, 2.05) is 6.92 Å². The van der Waals surface area contributed by atoms with Crippen molar-refractivity contribution in [3.05, 3.63) is 35.9 Å². The molecular weight excluding hydrogens is 441 g/mol. The lowest BCUT2D eigenvalue weighted by Gasteiger charge is -2.36. The van der Waals surface area contributed by atoms with Gasteiger partial charge in [0, 0.05) is 45.8 Å². The zero-order chi connectivity index (χ0) is 17.9. The first-order chi connectivity index (χ1) is 12.2. The highest BCUT2D eigenvalue weighted by Gasteiger charge is 2.19. The summed E-state index contributed by atoms with van der Waals surface area (Å²) < 4.78 is 0. The van der Waals surface area contributed by atoms with Gasteiger partial charge in [-0.3, -0.25) is 9.69 Å². The van der Waals surface area contributed by atoms with E-state index < -0.39 is 0 Å². The predicted octanol–water partition coefficient (Wildman–Crippen LogP) is 1.91. The second-order valence-electron chi connectivity index (χ2n) is 6.27. The Morgan fingerprint density at radius 2 is 1.77 bits per heavy atom.